The lowest BCUT2D eigenvalue weighted by Gasteiger charge is -2.14. The predicted molar refractivity (Wildman–Crippen MR) is 58.2 cm³/mol. The number of halogens is 3. The van der Waals surface area contributed by atoms with E-state index in [0.717, 1.165) is 12.1 Å². The Morgan fingerprint density at radius 2 is 2.12 bits per heavy atom. The minimum absolute atomic E-state index is 0.159. The fourth-order valence-electron chi connectivity index (χ4n) is 1.36. The maximum Gasteiger partial charge on any atom is 0.159 e. The number of rotatable bonds is 4. The Bertz CT molecular complexity index is 394. The Hall–Kier alpha value is -0.520. The summed E-state index contributed by atoms with van der Waals surface area (Å²) < 4.78 is 36.9. The van der Waals surface area contributed by atoms with Crippen molar-refractivity contribution < 1.29 is 18.3 Å². The molecule has 0 saturated carbocycles. The summed E-state index contributed by atoms with van der Waals surface area (Å²) in [6.07, 6.45) is -0.139. The molecule has 0 radical (unpaired) electrons. The van der Waals surface area contributed by atoms with E-state index < -0.39 is 11.6 Å². The van der Waals surface area contributed by atoms with Gasteiger partial charge in [0, 0.05) is 4.47 Å². The van der Waals surface area contributed by atoms with Crippen LogP contribution in [0.1, 0.15) is 18.6 Å². The second kappa shape index (κ2) is 4.77. The van der Waals surface area contributed by atoms with Gasteiger partial charge in [-0.05, 0) is 24.6 Å². The quantitative estimate of drug-likeness (QED) is 0.628. The summed E-state index contributed by atoms with van der Waals surface area (Å²) in [4.78, 5) is 0. The molecule has 0 bridgehead atoms. The van der Waals surface area contributed by atoms with Crippen molar-refractivity contribution in [3.63, 3.8) is 0 Å². The minimum atomic E-state index is -0.867. The molecule has 1 aliphatic heterocycles. The van der Waals surface area contributed by atoms with E-state index in [0.29, 0.717) is 23.2 Å². The van der Waals surface area contributed by atoms with Crippen molar-refractivity contribution in [2.75, 3.05) is 13.2 Å². The lowest BCUT2D eigenvalue weighted by atomic mass is 10.1. The number of hydrogen-bond donors (Lipinski definition) is 0. The molecule has 0 N–H and O–H groups in total. The Morgan fingerprint density at radius 1 is 1.50 bits per heavy atom. The van der Waals surface area contributed by atoms with Crippen LogP contribution >= 0.6 is 15.9 Å². The first-order valence-corrected chi connectivity index (χ1v) is 5.75. The molecule has 0 aliphatic carbocycles. The van der Waals surface area contributed by atoms with Crippen LogP contribution in [-0.4, -0.2) is 19.3 Å². The van der Waals surface area contributed by atoms with Crippen LogP contribution < -0.4 is 0 Å². The fraction of sp³-hybridized carbons (Fsp3) is 0.455. The highest BCUT2D eigenvalue weighted by Gasteiger charge is 2.24. The highest BCUT2D eigenvalue weighted by atomic mass is 79.9. The number of epoxide rings is 1. The monoisotopic (exact) mass is 292 g/mol. The molecular weight excluding hydrogens is 282 g/mol. The minimum Gasteiger partial charge on any atom is -0.371 e. The summed E-state index contributed by atoms with van der Waals surface area (Å²) in [5.74, 6) is -1.73. The van der Waals surface area contributed by atoms with E-state index in [4.69, 9.17) is 9.47 Å². The van der Waals surface area contributed by atoms with Crippen LogP contribution in [0.2, 0.25) is 0 Å². The van der Waals surface area contributed by atoms with Crippen LogP contribution in [0.25, 0.3) is 0 Å². The van der Waals surface area contributed by atoms with Crippen LogP contribution in [0.4, 0.5) is 8.78 Å². The van der Waals surface area contributed by atoms with Crippen molar-refractivity contribution in [1.82, 2.24) is 0 Å². The summed E-state index contributed by atoms with van der Waals surface area (Å²) in [7, 11) is 0. The van der Waals surface area contributed by atoms with Crippen molar-refractivity contribution in [2.45, 2.75) is 19.1 Å². The van der Waals surface area contributed by atoms with E-state index >= 15 is 0 Å². The van der Waals surface area contributed by atoms with Gasteiger partial charge in [0.15, 0.2) is 11.6 Å². The van der Waals surface area contributed by atoms with Gasteiger partial charge in [0.05, 0.1) is 19.3 Å². The molecule has 1 aromatic rings. The number of ether oxygens (including phenoxy) is 2. The second-order valence-corrected chi connectivity index (χ2v) is 4.57. The molecule has 1 unspecified atom stereocenters. The first-order chi connectivity index (χ1) is 7.58. The third-order valence-electron chi connectivity index (χ3n) is 2.41. The first-order valence-electron chi connectivity index (χ1n) is 4.95. The van der Waals surface area contributed by atoms with Gasteiger partial charge in [-0.15, -0.1) is 0 Å². The van der Waals surface area contributed by atoms with Gasteiger partial charge in [-0.1, -0.05) is 15.9 Å². The zero-order chi connectivity index (χ0) is 11.7. The second-order valence-electron chi connectivity index (χ2n) is 3.72. The summed E-state index contributed by atoms with van der Waals surface area (Å²) in [6.45, 7) is 2.98. The summed E-state index contributed by atoms with van der Waals surface area (Å²) in [5.41, 5.74) is 0.597. The van der Waals surface area contributed by atoms with Crippen molar-refractivity contribution in [1.29, 1.82) is 0 Å². The summed E-state index contributed by atoms with van der Waals surface area (Å²) in [6, 6.07) is 2.26. The molecule has 1 aromatic carbocycles. The molecule has 1 heterocycles. The van der Waals surface area contributed by atoms with Gasteiger partial charge in [0.2, 0.25) is 0 Å². The van der Waals surface area contributed by atoms with Gasteiger partial charge in [-0.2, -0.15) is 0 Å². The standard InChI is InChI=1S/C11H11BrF2O2/c1-6(15-4-7-5-16-7)8-2-10(13)11(14)3-9(8)12/h2-3,6-7H,4-5H2,1H3/t6-,7?/m1/s1. The average Bonchev–Trinajstić information content (AvgIpc) is 3.03. The van der Waals surface area contributed by atoms with Crippen LogP contribution in [0.15, 0.2) is 16.6 Å². The Kier molecular flexibility index (Phi) is 3.56. The molecule has 2 atom stereocenters. The Morgan fingerprint density at radius 3 is 2.75 bits per heavy atom. The van der Waals surface area contributed by atoms with Gasteiger partial charge in [-0.3, -0.25) is 0 Å². The van der Waals surface area contributed by atoms with E-state index in [9.17, 15) is 8.78 Å². The topological polar surface area (TPSA) is 21.8 Å². The van der Waals surface area contributed by atoms with Gasteiger partial charge in [0.1, 0.15) is 6.10 Å². The maximum atomic E-state index is 13.1. The van der Waals surface area contributed by atoms with E-state index in [1.54, 1.807) is 6.92 Å². The summed E-state index contributed by atoms with van der Waals surface area (Å²) in [5, 5.41) is 0. The Labute approximate surface area is 101 Å². The lowest BCUT2D eigenvalue weighted by molar-refractivity contribution is 0.0533. The fourth-order valence-corrected chi connectivity index (χ4v) is 1.99. The first kappa shape index (κ1) is 12.0. The lowest BCUT2D eigenvalue weighted by Crippen LogP contribution is -2.07. The van der Waals surface area contributed by atoms with Gasteiger partial charge >= 0.3 is 0 Å². The average molecular weight is 293 g/mol. The number of benzene rings is 1. The molecule has 2 rings (SSSR count). The highest BCUT2D eigenvalue weighted by molar-refractivity contribution is 9.10. The molecule has 0 aromatic heterocycles. The van der Waals surface area contributed by atoms with Crippen LogP contribution in [0.3, 0.4) is 0 Å². The normalized spacial score (nSPS) is 20.9. The van der Waals surface area contributed by atoms with Crippen molar-refractivity contribution >= 4 is 15.9 Å². The molecule has 1 saturated heterocycles. The zero-order valence-electron chi connectivity index (χ0n) is 8.67. The molecule has 5 heteroatoms. The van der Waals surface area contributed by atoms with E-state index in [1.165, 1.54) is 0 Å². The SMILES string of the molecule is C[C@@H](OCC1CO1)c1cc(F)c(F)cc1Br. The molecule has 16 heavy (non-hydrogen) atoms. The molecule has 2 nitrogen and oxygen atoms in total. The van der Waals surface area contributed by atoms with Gasteiger partial charge in [-0.25, -0.2) is 8.78 Å². The molecule has 88 valence electrons. The Balaban J connectivity index is 2.08. The van der Waals surface area contributed by atoms with Crippen molar-refractivity contribution in [2.24, 2.45) is 0 Å². The predicted octanol–water partition coefficient (Wildman–Crippen LogP) is 3.20. The van der Waals surface area contributed by atoms with Gasteiger partial charge < -0.3 is 9.47 Å². The molecule has 1 aliphatic rings. The smallest absolute Gasteiger partial charge is 0.159 e. The molecular formula is C11H11BrF2O2. The molecule has 1 fully saturated rings. The third-order valence-corrected chi connectivity index (χ3v) is 3.10. The summed E-state index contributed by atoms with van der Waals surface area (Å²) >= 11 is 3.19. The molecule has 0 amide bonds. The zero-order valence-corrected chi connectivity index (χ0v) is 10.3. The van der Waals surface area contributed by atoms with Gasteiger partial charge in [0.25, 0.3) is 0 Å². The largest absolute Gasteiger partial charge is 0.371 e. The van der Waals surface area contributed by atoms with Crippen LogP contribution in [0.5, 0.6) is 0 Å². The van der Waals surface area contributed by atoms with E-state index in [1.807, 2.05) is 0 Å². The highest BCUT2D eigenvalue weighted by Crippen LogP contribution is 2.28. The van der Waals surface area contributed by atoms with Crippen LogP contribution in [0, 0.1) is 11.6 Å². The maximum absolute atomic E-state index is 13.1. The molecule has 0 spiro atoms. The number of hydrogen-bond acceptors (Lipinski definition) is 2. The third kappa shape index (κ3) is 2.78. The van der Waals surface area contributed by atoms with Crippen molar-refractivity contribution in [3.8, 4) is 0 Å². The van der Waals surface area contributed by atoms with Crippen LogP contribution in [-0.2, 0) is 9.47 Å². The van der Waals surface area contributed by atoms with E-state index in [-0.39, 0.29) is 12.2 Å². The van der Waals surface area contributed by atoms with E-state index in [2.05, 4.69) is 15.9 Å². The van der Waals surface area contributed by atoms with Crippen molar-refractivity contribution in [3.05, 3.63) is 33.8 Å².